The van der Waals surface area contributed by atoms with Gasteiger partial charge in [-0.25, -0.2) is 0 Å². The Bertz CT molecular complexity index is 624. The quantitative estimate of drug-likeness (QED) is 0.902. The van der Waals surface area contributed by atoms with Gasteiger partial charge in [0.2, 0.25) is 5.91 Å². The highest BCUT2D eigenvalue weighted by molar-refractivity contribution is 9.10. The molecule has 1 amide bonds. The molecular formula is C16H17BrN2O. The third-order valence-electron chi connectivity index (χ3n) is 3.26. The molecule has 20 heavy (non-hydrogen) atoms. The lowest BCUT2D eigenvalue weighted by Gasteiger charge is -2.24. The van der Waals surface area contributed by atoms with Gasteiger partial charge in [0.1, 0.15) is 5.54 Å². The third-order valence-corrected chi connectivity index (χ3v) is 4.15. The molecule has 2 aromatic rings. The zero-order valence-corrected chi connectivity index (χ0v) is 13.1. The number of amides is 1. The number of halogens is 1. The van der Waals surface area contributed by atoms with Gasteiger partial charge in [0.15, 0.2) is 0 Å². The van der Waals surface area contributed by atoms with E-state index in [0.717, 1.165) is 21.3 Å². The van der Waals surface area contributed by atoms with Crippen LogP contribution in [-0.4, -0.2) is 5.91 Å². The summed E-state index contributed by atoms with van der Waals surface area (Å²) < 4.78 is 1.01. The number of carbonyl (C=O) groups excluding carboxylic acids is 1. The smallest absolute Gasteiger partial charge is 0.248 e. The molecular weight excluding hydrogens is 316 g/mol. The van der Waals surface area contributed by atoms with Gasteiger partial charge >= 0.3 is 0 Å². The van der Waals surface area contributed by atoms with Gasteiger partial charge in [-0.15, -0.1) is 0 Å². The number of carbonyl (C=O) groups is 1. The maximum absolute atomic E-state index is 12.4. The minimum absolute atomic E-state index is 0.231. The zero-order chi connectivity index (χ0) is 14.8. The largest absolute Gasteiger partial charge is 0.324 e. The van der Waals surface area contributed by atoms with Crippen LogP contribution in [0.15, 0.2) is 53.0 Å². The predicted molar refractivity (Wildman–Crippen MR) is 85.5 cm³/mol. The van der Waals surface area contributed by atoms with Crippen LogP contribution in [0.1, 0.15) is 18.1 Å². The summed E-state index contributed by atoms with van der Waals surface area (Å²) in [6, 6.07) is 15.0. The van der Waals surface area contributed by atoms with E-state index in [2.05, 4.69) is 21.2 Å². The van der Waals surface area contributed by atoms with Gasteiger partial charge in [-0.1, -0.05) is 46.3 Å². The van der Waals surface area contributed by atoms with Crippen LogP contribution in [0.25, 0.3) is 0 Å². The summed E-state index contributed by atoms with van der Waals surface area (Å²) >= 11 is 3.43. The Labute approximate surface area is 127 Å². The van der Waals surface area contributed by atoms with Gasteiger partial charge < -0.3 is 11.1 Å². The van der Waals surface area contributed by atoms with E-state index < -0.39 is 5.54 Å². The molecule has 0 radical (unpaired) electrons. The summed E-state index contributed by atoms with van der Waals surface area (Å²) in [7, 11) is 0. The van der Waals surface area contributed by atoms with Gasteiger partial charge in [-0.3, -0.25) is 4.79 Å². The van der Waals surface area contributed by atoms with Gasteiger partial charge in [0.25, 0.3) is 0 Å². The molecule has 0 aliphatic rings. The number of hydrogen-bond acceptors (Lipinski definition) is 2. The van der Waals surface area contributed by atoms with Crippen LogP contribution in [0.3, 0.4) is 0 Å². The molecule has 3 nitrogen and oxygen atoms in total. The molecule has 2 aromatic carbocycles. The lowest BCUT2D eigenvalue weighted by molar-refractivity contribution is -0.120. The Morgan fingerprint density at radius 2 is 1.85 bits per heavy atom. The fourth-order valence-corrected chi connectivity index (χ4v) is 2.15. The summed E-state index contributed by atoms with van der Waals surface area (Å²) in [4.78, 5) is 12.4. The van der Waals surface area contributed by atoms with Gasteiger partial charge in [-0.05, 0) is 43.2 Å². The number of nitrogens with two attached hydrogens (primary N) is 1. The second kappa shape index (κ2) is 5.77. The molecule has 0 saturated carbocycles. The van der Waals surface area contributed by atoms with Crippen molar-refractivity contribution in [3.63, 3.8) is 0 Å². The monoisotopic (exact) mass is 332 g/mol. The first kappa shape index (κ1) is 14.8. The average Bonchev–Trinajstić information content (AvgIpc) is 2.44. The van der Waals surface area contributed by atoms with E-state index in [1.165, 1.54) is 0 Å². The number of nitrogens with one attached hydrogen (secondary N) is 1. The van der Waals surface area contributed by atoms with Crippen molar-refractivity contribution >= 4 is 27.5 Å². The number of rotatable bonds is 3. The molecule has 0 aromatic heterocycles. The molecule has 0 heterocycles. The second-order valence-corrected chi connectivity index (χ2v) is 5.84. The molecule has 4 heteroatoms. The van der Waals surface area contributed by atoms with E-state index in [-0.39, 0.29) is 5.91 Å². The maximum Gasteiger partial charge on any atom is 0.248 e. The van der Waals surface area contributed by atoms with Crippen molar-refractivity contribution in [2.75, 3.05) is 5.32 Å². The molecule has 1 unspecified atom stereocenters. The maximum atomic E-state index is 12.4. The van der Waals surface area contributed by atoms with E-state index in [0.29, 0.717) is 0 Å². The Kier molecular flexibility index (Phi) is 4.26. The van der Waals surface area contributed by atoms with E-state index >= 15 is 0 Å². The van der Waals surface area contributed by atoms with Crippen molar-refractivity contribution in [3.8, 4) is 0 Å². The van der Waals surface area contributed by atoms with Crippen molar-refractivity contribution in [2.24, 2.45) is 5.73 Å². The van der Waals surface area contributed by atoms with Crippen LogP contribution < -0.4 is 11.1 Å². The Morgan fingerprint density at radius 3 is 2.45 bits per heavy atom. The van der Waals surface area contributed by atoms with Gasteiger partial charge in [0.05, 0.1) is 0 Å². The molecule has 3 N–H and O–H groups in total. The Balaban J connectivity index is 2.21. The molecule has 0 saturated heterocycles. The first-order valence-corrected chi connectivity index (χ1v) is 7.12. The van der Waals surface area contributed by atoms with Crippen LogP contribution in [0.4, 0.5) is 5.69 Å². The Morgan fingerprint density at radius 1 is 1.20 bits per heavy atom. The van der Waals surface area contributed by atoms with Crippen molar-refractivity contribution in [1.82, 2.24) is 0 Å². The normalized spacial score (nSPS) is 13.6. The minimum Gasteiger partial charge on any atom is -0.324 e. The molecule has 0 aliphatic heterocycles. The summed E-state index contributed by atoms with van der Waals surface area (Å²) in [5.74, 6) is -0.231. The van der Waals surface area contributed by atoms with Crippen molar-refractivity contribution in [3.05, 3.63) is 64.1 Å². The molecule has 1 atom stereocenters. The van der Waals surface area contributed by atoms with E-state index in [9.17, 15) is 4.79 Å². The summed E-state index contributed by atoms with van der Waals surface area (Å²) in [6.45, 7) is 3.68. The molecule has 104 valence electrons. The molecule has 2 rings (SSSR count). The first-order valence-electron chi connectivity index (χ1n) is 6.33. The van der Waals surface area contributed by atoms with E-state index in [4.69, 9.17) is 5.73 Å². The average molecular weight is 333 g/mol. The lowest BCUT2D eigenvalue weighted by atomic mass is 9.92. The number of benzene rings is 2. The standard InChI is InChI=1S/C16H17BrN2O/c1-11-10-13(8-9-14(11)17)19-15(20)16(2,18)12-6-4-3-5-7-12/h3-10H,18H2,1-2H3,(H,19,20). The fraction of sp³-hybridized carbons (Fsp3) is 0.188. The van der Waals surface area contributed by atoms with Crippen LogP contribution in [-0.2, 0) is 10.3 Å². The number of anilines is 1. The highest BCUT2D eigenvalue weighted by Crippen LogP contribution is 2.23. The van der Waals surface area contributed by atoms with Gasteiger partial charge in [-0.2, -0.15) is 0 Å². The highest BCUT2D eigenvalue weighted by Gasteiger charge is 2.30. The summed E-state index contributed by atoms with van der Waals surface area (Å²) in [6.07, 6.45) is 0. The van der Waals surface area contributed by atoms with Crippen molar-refractivity contribution < 1.29 is 4.79 Å². The number of hydrogen-bond donors (Lipinski definition) is 2. The highest BCUT2D eigenvalue weighted by atomic mass is 79.9. The van der Waals surface area contributed by atoms with Crippen LogP contribution in [0.5, 0.6) is 0 Å². The fourth-order valence-electron chi connectivity index (χ4n) is 1.90. The molecule has 0 bridgehead atoms. The lowest BCUT2D eigenvalue weighted by Crippen LogP contribution is -2.45. The molecule has 0 fully saturated rings. The van der Waals surface area contributed by atoms with Crippen molar-refractivity contribution in [1.29, 1.82) is 0 Å². The summed E-state index contributed by atoms with van der Waals surface area (Å²) in [5.41, 5.74) is 7.69. The Hall–Kier alpha value is -1.65. The van der Waals surface area contributed by atoms with E-state index in [1.807, 2.05) is 55.5 Å². The third kappa shape index (κ3) is 3.08. The topological polar surface area (TPSA) is 55.1 Å². The van der Waals surface area contributed by atoms with E-state index in [1.54, 1.807) is 6.92 Å². The summed E-state index contributed by atoms with van der Waals surface area (Å²) in [5, 5.41) is 2.86. The van der Waals surface area contributed by atoms with Gasteiger partial charge in [0, 0.05) is 10.2 Å². The molecule has 0 spiro atoms. The minimum atomic E-state index is -1.07. The van der Waals surface area contributed by atoms with Crippen LogP contribution in [0, 0.1) is 6.92 Å². The second-order valence-electron chi connectivity index (χ2n) is 4.99. The van der Waals surface area contributed by atoms with Crippen LogP contribution in [0.2, 0.25) is 0 Å². The van der Waals surface area contributed by atoms with Crippen molar-refractivity contribution in [2.45, 2.75) is 19.4 Å². The predicted octanol–water partition coefficient (Wildman–Crippen LogP) is 3.57. The first-order chi connectivity index (χ1) is 9.41. The zero-order valence-electron chi connectivity index (χ0n) is 11.5. The SMILES string of the molecule is Cc1cc(NC(=O)C(C)(N)c2ccccc2)ccc1Br. The number of aryl methyl sites for hydroxylation is 1. The van der Waals surface area contributed by atoms with Crippen LogP contribution >= 0.6 is 15.9 Å². The molecule has 0 aliphatic carbocycles.